The monoisotopic (exact) mass is 508 g/mol. The van der Waals surface area contributed by atoms with Crippen molar-refractivity contribution in [2.75, 3.05) is 30.1 Å². The Kier molecular flexibility index (Phi) is 7.73. The first-order valence-corrected chi connectivity index (χ1v) is 12.3. The Bertz CT molecular complexity index is 1260. The van der Waals surface area contributed by atoms with E-state index in [2.05, 4.69) is 5.32 Å². The first kappa shape index (κ1) is 24.7. The van der Waals surface area contributed by atoms with Crippen LogP contribution in [0.5, 0.6) is 11.5 Å². The maximum Gasteiger partial charge on any atom is 0.257 e. The van der Waals surface area contributed by atoms with Crippen LogP contribution in [-0.2, 0) is 16.6 Å². The number of rotatable bonds is 8. The van der Waals surface area contributed by atoms with Crippen LogP contribution < -0.4 is 19.1 Å². The number of hydrogen-bond donors (Lipinski definition) is 1. The molecule has 3 aromatic rings. The van der Waals surface area contributed by atoms with Crippen molar-refractivity contribution in [2.45, 2.75) is 6.54 Å². The van der Waals surface area contributed by atoms with Gasteiger partial charge in [0, 0.05) is 11.1 Å². The number of sulfonamides is 1. The van der Waals surface area contributed by atoms with Gasteiger partial charge >= 0.3 is 0 Å². The van der Waals surface area contributed by atoms with Gasteiger partial charge in [0.25, 0.3) is 5.91 Å². The molecule has 7 nitrogen and oxygen atoms in total. The summed E-state index contributed by atoms with van der Waals surface area (Å²) in [5.41, 5.74) is 1.24. The molecule has 10 heteroatoms. The molecule has 0 heterocycles. The summed E-state index contributed by atoms with van der Waals surface area (Å²) in [7, 11) is -0.958. The molecule has 3 aromatic carbocycles. The lowest BCUT2D eigenvalue weighted by molar-refractivity contribution is 0.102. The van der Waals surface area contributed by atoms with Crippen LogP contribution in [0.1, 0.15) is 15.9 Å². The Balaban J connectivity index is 2.14. The van der Waals surface area contributed by atoms with E-state index in [-0.39, 0.29) is 29.3 Å². The molecule has 1 amide bonds. The molecular weight excluding hydrogens is 487 g/mol. The average Bonchev–Trinajstić information content (AvgIpc) is 2.78. The van der Waals surface area contributed by atoms with Crippen LogP contribution >= 0.6 is 23.2 Å². The Morgan fingerprint density at radius 2 is 1.58 bits per heavy atom. The van der Waals surface area contributed by atoms with Gasteiger partial charge in [-0.3, -0.25) is 9.10 Å². The van der Waals surface area contributed by atoms with Crippen molar-refractivity contribution in [3.63, 3.8) is 0 Å². The summed E-state index contributed by atoms with van der Waals surface area (Å²) in [5, 5.41) is 3.59. The van der Waals surface area contributed by atoms with Crippen LogP contribution in [0.2, 0.25) is 10.0 Å². The lowest BCUT2D eigenvalue weighted by atomic mass is 10.1. The van der Waals surface area contributed by atoms with Crippen LogP contribution in [0.25, 0.3) is 0 Å². The number of carbonyl (C=O) groups is 1. The van der Waals surface area contributed by atoms with Gasteiger partial charge in [0.2, 0.25) is 10.0 Å². The average molecular weight is 509 g/mol. The van der Waals surface area contributed by atoms with Crippen molar-refractivity contribution in [3.8, 4) is 11.5 Å². The van der Waals surface area contributed by atoms with Crippen molar-refractivity contribution in [1.29, 1.82) is 0 Å². The van der Waals surface area contributed by atoms with Crippen molar-refractivity contribution < 1.29 is 22.7 Å². The molecule has 0 radical (unpaired) electrons. The minimum Gasteiger partial charge on any atom is -0.493 e. The summed E-state index contributed by atoms with van der Waals surface area (Å²) in [4.78, 5) is 13.3. The lowest BCUT2D eigenvalue weighted by Crippen LogP contribution is -2.31. The summed E-state index contributed by atoms with van der Waals surface area (Å²) in [6, 6.07) is 16.4. The van der Waals surface area contributed by atoms with Crippen LogP contribution in [0.4, 0.5) is 11.4 Å². The predicted octanol–water partition coefficient (Wildman–Crippen LogP) is 5.23. The zero-order chi connectivity index (χ0) is 24.2. The summed E-state index contributed by atoms with van der Waals surface area (Å²) in [5.74, 6) is -0.0270. The van der Waals surface area contributed by atoms with Gasteiger partial charge < -0.3 is 14.8 Å². The number of nitrogens with one attached hydrogen (secondary N) is 1. The van der Waals surface area contributed by atoms with E-state index in [1.54, 1.807) is 48.5 Å². The molecule has 0 spiro atoms. The number of carbonyl (C=O) groups excluding carboxylic acids is 1. The molecule has 3 rings (SSSR count). The number of hydrogen-bond acceptors (Lipinski definition) is 5. The number of nitrogens with zero attached hydrogens (tertiary/aromatic N) is 1. The highest BCUT2D eigenvalue weighted by Gasteiger charge is 2.27. The van der Waals surface area contributed by atoms with Crippen molar-refractivity contribution in [1.82, 2.24) is 0 Å². The van der Waals surface area contributed by atoms with Gasteiger partial charge in [0.1, 0.15) is 0 Å². The predicted molar refractivity (Wildman–Crippen MR) is 131 cm³/mol. The second-order valence-corrected chi connectivity index (χ2v) is 9.80. The smallest absolute Gasteiger partial charge is 0.257 e. The number of halogens is 2. The van der Waals surface area contributed by atoms with Gasteiger partial charge in [-0.25, -0.2) is 8.42 Å². The van der Waals surface area contributed by atoms with Crippen LogP contribution in [0.15, 0.2) is 60.7 Å². The topological polar surface area (TPSA) is 84.9 Å². The largest absolute Gasteiger partial charge is 0.493 e. The minimum atomic E-state index is -3.81. The van der Waals surface area contributed by atoms with Gasteiger partial charge in [-0.05, 0) is 35.9 Å². The molecule has 1 N–H and O–H groups in total. The molecule has 0 saturated carbocycles. The molecule has 0 aliphatic rings. The zero-order valence-corrected chi connectivity index (χ0v) is 20.5. The number of methoxy groups -OCH3 is 2. The summed E-state index contributed by atoms with van der Waals surface area (Å²) in [6.45, 7) is -0.0299. The van der Waals surface area contributed by atoms with Crippen molar-refractivity contribution >= 4 is 50.5 Å². The molecule has 0 aliphatic heterocycles. The molecule has 0 aromatic heterocycles. The van der Waals surface area contributed by atoms with E-state index in [1.807, 2.05) is 0 Å². The highest BCUT2D eigenvalue weighted by molar-refractivity contribution is 7.92. The van der Waals surface area contributed by atoms with Crippen molar-refractivity contribution in [3.05, 3.63) is 81.8 Å². The summed E-state index contributed by atoms with van der Waals surface area (Å²) < 4.78 is 37.5. The molecule has 0 atom stereocenters. The Morgan fingerprint density at radius 1 is 0.970 bits per heavy atom. The highest BCUT2D eigenvalue weighted by atomic mass is 35.5. The molecule has 0 saturated heterocycles. The van der Waals surface area contributed by atoms with E-state index in [0.717, 1.165) is 10.6 Å². The second-order valence-electron chi connectivity index (χ2n) is 7.05. The highest BCUT2D eigenvalue weighted by Crippen LogP contribution is 2.37. The van der Waals surface area contributed by atoms with Crippen LogP contribution in [0.3, 0.4) is 0 Å². The number of amides is 1. The van der Waals surface area contributed by atoms with E-state index in [1.165, 1.54) is 26.4 Å². The second kappa shape index (κ2) is 10.3. The Labute approximate surface area is 202 Å². The third-order valence-corrected chi connectivity index (χ3v) is 6.49. The summed E-state index contributed by atoms with van der Waals surface area (Å²) >= 11 is 12.1. The maximum absolute atomic E-state index is 13.3. The van der Waals surface area contributed by atoms with Gasteiger partial charge in [-0.15, -0.1) is 0 Å². The van der Waals surface area contributed by atoms with E-state index < -0.39 is 15.9 Å². The fourth-order valence-corrected chi connectivity index (χ4v) is 4.35. The standard InChI is InChI=1S/C23H22Cl2N2O5S/c1-31-21-12-17(23(28)26-19-7-5-4-6-18(19)25)20(13-22(21)32-2)27(33(3,29)30)14-15-8-10-16(24)11-9-15/h4-13H,14H2,1-3H3,(H,26,28). The molecule has 174 valence electrons. The first-order chi connectivity index (χ1) is 15.6. The molecule has 0 bridgehead atoms. The zero-order valence-electron chi connectivity index (χ0n) is 18.1. The third kappa shape index (κ3) is 5.90. The minimum absolute atomic E-state index is 0.0299. The lowest BCUT2D eigenvalue weighted by Gasteiger charge is -2.26. The molecule has 0 aliphatic carbocycles. The Hall–Kier alpha value is -2.94. The fraction of sp³-hybridized carbons (Fsp3) is 0.174. The van der Waals surface area contributed by atoms with Gasteiger partial charge in [0.05, 0.1) is 49.0 Å². The normalized spacial score (nSPS) is 11.1. The molecule has 33 heavy (non-hydrogen) atoms. The molecule has 0 fully saturated rings. The molecule has 0 unspecified atom stereocenters. The SMILES string of the molecule is COc1cc(C(=O)Nc2ccccc2Cl)c(N(Cc2ccc(Cl)cc2)S(C)(=O)=O)cc1OC. The van der Waals surface area contributed by atoms with Crippen LogP contribution in [0, 0.1) is 0 Å². The summed E-state index contributed by atoms with van der Waals surface area (Å²) in [6.07, 6.45) is 1.06. The van der Waals surface area contributed by atoms with Gasteiger partial charge in [0.15, 0.2) is 11.5 Å². The van der Waals surface area contributed by atoms with E-state index >= 15 is 0 Å². The maximum atomic E-state index is 13.3. The van der Waals surface area contributed by atoms with Crippen LogP contribution in [-0.4, -0.2) is 34.8 Å². The number of para-hydroxylation sites is 1. The van der Waals surface area contributed by atoms with Gasteiger partial charge in [-0.1, -0.05) is 47.5 Å². The number of anilines is 2. The fourth-order valence-electron chi connectivity index (χ4n) is 3.15. The number of ether oxygens (including phenoxy) is 2. The van der Waals surface area contributed by atoms with Crippen molar-refractivity contribution in [2.24, 2.45) is 0 Å². The third-order valence-electron chi connectivity index (χ3n) is 4.78. The Morgan fingerprint density at radius 3 is 2.15 bits per heavy atom. The van der Waals surface area contributed by atoms with E-state index in [9.17, 15) is 13.2 Å². The number of benzene rings is 3. The van der Waals surface area contributed by atoms with Gasteiger partial charge in [-0.2, -0.15) is 0 Å². The van der Waals surface area contributed by atoms with E-state index in [4.69, 9.17) is 32.7 Å². The first-order valence-electron chi connectivity index (χ1n) is 9.68. The quantitative estimate of drug-likeness (QED) is 0.450. The molecular formula is C23H22Cl2N2O5S. The van der Waals surface area contributed by atoms with E-state index in [0.29, 0.717) is 21.3 Å².